The summed E-state index contributed by atoms with van der Waals surface area (Å²) in [6.07, 6.45) is 2.14. The zero-order valence-electron chi connectivity index (χ0n) is 11.6. The molecule has 2 aromatic heterocycles. The first-order valence-corrected chi connectivity index (χ1v) is 7.69. The number of hydrogen-bond acceptors (Lipinski definition) is 4. The fourth-order valence-corrected chi connectivity index (χ4v) is 3.70. The highest BCUT2D eigenvalue weighted by molar-refractivity contribution is 7.17. The van der Waals surface area contributed by atoms with Crippen molar-refractivity contribution in [3.8, 4) is 0 Å². The largest absolute Gasteiger partial charge is 0.343 e. The maximum atomic E-state index is 12.4. The number of rotatable bonds is 3. The van der Waals surface area contributed by atoms with E-state index in [9.17, 15) is 9.59 Å². The molecule has 0 spiro atoms. The number of thiophene rings is 1. The van der Waals surface area contributed by atoms with Crippen LogP contribution in [0.15, 0.2) is 16.5 Å². The molecule has 0 unspecified atom stereocenters. The average Bonchev–Trinajstić information content (AvgIpc) is 2.97. The predicted octanol–water partition coefficient (Wildman–Crippen LogP) is 1.63. The van der Waals surface area contributed by atoms with Gasteiger partial charge >= 0.3 is 0 Å². The maximum Gasteiger partial charge on any atom is 0.271 e. The van der Waals surface area contributed by atoms with Crippen molar-refractivity contribution < 1.29 is 4.79 Å². The van der Waals surface area contributed by atoms with Crippen LogP contribution in [-0.2, 0) is 11.3 Å². The lowest BCUT2D eigenvalue weighted by atomic mass is 10.1. The van der Waals surface area contributed by atoms with Crippen molar-refractivity contribution >= 4 is 27.5 Å². The Balaban J connectivity index is 1.87. The van der Waals surface area contributed by atoms with Crippen LogP contribution in [0.2, 0.25) is 0 Å². The molecule has 6 heteroatoms. The van der Waals surface area contributed by atoms with Crippen molar-refractivity contribution in [2.75, 3.05) is 13.1 Å². The van der Waals surface area contributed by atoms with E-state index in [4.69, 9.17) is 0 Å². The van der Waals surface area contributed by atoms with Gasteiger partial charge in [0.05, 0.1) is 11.8 Å². The van der Waals surface area contributed by atoms with E-state index in [1.807, 2.05) is 24.1 Å². The van der Waals surface area contributed by atoms with Gasteiger partial charge in [-0.2, -0.15) is 0 Å². The molecule has 3 heterocycles. The minimum absolute atomic E-state index is 0.00972. The fraction of sp³-hybridized carbons (Fsp3) is 0.500. The third-order valence-electron chi connectivity index (χ3n) is 3.85. The second-order valence-corrected chi connectivity index (χ2v) is 6.18. The smallest absolute Gasteiger partial charge is 0.271 e. The van der Waals surface area contributed by atoms with Crippen molar-refractivity contribution in [3.63, 3.8) is 0 Å². The Labute approximate surface area is 120 Å². The number of amides is 1. The second kappa shape index (κ2) is 5.01. The van der Waals surface area contributed by atoms with E-state index in [-0.39, 0.29) is 17.4 Å². The molecule has 1 aliphatic rings. The van der Waals surface area contributed by atoms with E-state index in [2.05, 4.69) is 4.98 Å². The third-order valence-corrected chi connectivity index (χ3v) is 4.93. The summed E-state index contributed by atoms with van der Waals surface area (Å²) in [5.74, 6) is 0.395. The van der Waals surface area contributed by atoms with Gasteiger partial charge in [0, 0.05) is 32.0 Å². The predicted molar refractivity (Wildman–Crippen MR) is 79.0 cm³/mol. The van der Waals surface area contributed by atoms with Crippen molar-refractivity contribution in [2.45, 2.75) is 26.8 Å². The Morgan fingerprint density at radius 1 is 1.45 bits per heavy atom. The lowest BCUT2D eigenvalue weighted by Crippen LogP contribution is -2.27. The summed E-state index contributed by atoms with van der Waals surface area (Å²) in [4.78, 5) is 30.3. The number of hydrogen-bond donors (Lipinski definition) is 0. The molecule has 0 bridgehead atoms. The summed E-state index contributed by atoms with van der Waals surface area (Å²) in [6, 6.07) is 0. The molecule has 1 fully saturated rings. The highest BCUT2D eigenvalue weighted by Crippen LogP contribution is 2.21. The first kappa shape index (κ1) is 13.3. The molecular weight excluding hydrogens is 274 g/mol. The minimum Gasteiger partial charge on any atom is -0.343 e. The first-order chi connectivity index (χ1) is 9.60. The van der Waals surface area contributed by atoms with Gasteiger partial charge in [0.25, 0.3) is 5.56 Å². The molecule has 0 saturated carbocycles. The van der Waals surface area contributed by atoms with Crippen LogP contribution in [0.25, 0.3) is 10.2 Å². The summed E-state index contributed by atoms with van der Waals surface area (Å²) in [6.45, 7) is 5.99. The normalized spacial score (nSPS) is 19.2. The van der Waals surface area contributed by atoms with Crippen LogP contribution in [0, 0.1) is 12.8 Å². The van der Waals surface area contributed by atoms with E-state index in [0.717, 1.165) is 24.2 Å². The molecule has 5 nitrogen and oxygen atoms in total. The lowest BCUT2D eigenvalue weighted by Gasteiger charge is -2.14. The fourth-order valence-electron chi connectivity index (χ4n) is 2.75. The van der Waals surface area contributed by atoms with Crippen LogP contribution >= 0.6 is 11.3 Å². The summed E-state index contributed by atoms with van der Waals surface area (Å²) in [7, 11) is 0. The summed E-state index contributed by atoms with van der Waals surface area (Å²) in [5.41, 5.74) is 1.85. The number of likely N-dealkylation sites (tertiary alicyclic amines) is 1. The molecule has 0 aromatic carbocycles. The van der Waals surface area contributed by atoms with Crippen molar-refractivity contribution in [1.82, 2.24) is 14.5 Å². The molecule has 0 radical (unpaired) electrons. The summed E-state index contributed by atoms with van der Waals surface area (Å²) in [5, 5.41) is 1.96. The van der Waals surface area contributed by atoms with Gasteiger partial charge in [0.15, 0.2) is 0 Å². The summed E-state index contributed by atoms with van der Waals surface area (Å²) < 4.78 is 2.36. The Morgan fingerprint density at radius 2 is 2.25 bits per heavy atom. The van der Waals surface area contributed by atoms with Crippen LogP contribution in [0.5, 0.6) is 0 Å². The minimum atomic E-state index is 0.00972. The van der Waals surface area contributed by atoms with Gasteiger partial charge in [-0.1, -0.05) is 0 Å². The number of nitrogens with zero attached hydrogens (tertiary/aromatic N) is 3. The van der Waals surface area contributed by atoms with E-state index < -0.39 is 0 Å². The maximum absolute atomic E-state index is 12.4. The van der Waals surface area contributed by atoms with Crippen LogP contribution in [0.3, 0.4) is 0 Å². The van der Waals surface area contributed by atoms with Crippen LogP contribution in [0.4, 0.5) is 0 Å². The van der Waals surface area contributed by atoms with Gasteiger partial charge < -0.3 is 4.90 Å². The van der Waals surface area contributed by atoms with Gasteiger partial charge in [0.2, 0.25) is 5.91 Å². The van der Waals surface area contributed by atoms with Gasteiger partial charge in [-0.05, 0) is 24.8 Å². The quantitative estimate of drug-likeness (QED) is 0.864. The first-order valence-electron chi connectivity index (χ1n) is 6.81. The molecule has 3 rings (SSSR count). The Morgan fingerprint density at radius 3 is 2.95 bits per heavy atom. The van der Waals surface area contributed by atoms with Crippen molar-refractivity contribution in [1.29, 1.82) is 0 Å². The molecule has 0 N–H and O–H groups in total. The molecule has 106 valence electrons. The van der Waals surface area contributed by atoms with Gasteiger partial charge in [-0.15, -0.1) is 11.3 Å². The van der Waals surface area contributed by atoms with E-state index >= 15 is 0 Å². The van der Waals surface area contributed by atoms with E-state index in [1.54, 1.807) is 10.9 Å². The Bertz CT molecular complexity index is 719. The zero-order chi connectivity index (χ0) is 14.3. The van der Waals surface area contributed by atoms with E-state index in [0.29, 0.717) is 17.7 Å². The second-order valence-electron chi connectivity index (χ2n) is 5.30. The molecule has 1 aliphatic heterocycles. The van der Waals surface area contributed by atoms with Crippen molar-refractivity contribution in [2.24, 2.45) is 5.92 Å². The molecule has 2 aromatic rings. The van der Waals surface area contributed by atoms with Crippen molar-refractivity contribution in [3.05, 3.63) is 27.6 Å². The number of aryl methyl sites for hydroxylation is 1. The standard InChI is InChI=1S/C14H17N3O2S/c1-3-16-5-10(4-11(16)18)6-17-8-15-12-9(2)7-20-13(12)14(17)19/h7-8,10H,3-6H2,1-2H3/t10-/m1/s1. The SMILES string of the molecule is CCN1C[C@H](Cn2cnc3c(C)csc3c2=O)CC1=O. The Kier molecular flexibility index (Phi) is 3.33. The Hall–Kier alpha value is -1.69. The van der Waals surface area contributed by atoms with Gasteiger partial charge in [-0.3, -0.25) is 14.2 Å². The van der Waals surface area contributed by atoms with E-state index in [1.165, 1.54) is 11.3 Å². The zero-order valence-corrected chi connectivity index (χ0v) is 12.4. The molecule has 20 heavy (non-hydrogen) atoms. The topological polar surface area (TPSA) is 55.2 Å². The monoisotopic (exact) mass is 291 g/mol. The van der Waals surface area contributed by atoms with Gasteiger partial charge in [0.1, 0.15) is 4.70 Å². The molecule has 0 aliphatic carbocycles. The highest BCUT2D eigenvalue weighted by atomic mass is 32.1. The third kappa shape index (κ3) is 2.14. The molecular formula is C14H17N3O2S. The number of carbonyl (C=O) groups is 1. The van der Waals surface area contributed by atoms with Crippen LogP contribution in [-0.4, -0.2) is 33.4 Å². The lowest BCUT2D eigenvalue weighted by molar-refractivity contribution is -0.127. The number of aromatic nitrogens is 2. The number of fused-ring (bicyclic) bond motifs is 1. The van der Waals surface area contributed by atoms with Crippen LogP contribution < -0.4 is 5.56 Å². The summed E-state index contributed by atoms with van der Waals surface area (Å²) >= 11 is 1.45. The van der Waals surface area contributed by atoms with Crippen LogP contribution in [0.1, 0.15) is 18.9 Å². The van der Waals surface area contributed by atoms with Gasteiger partial charge in [-0.25, -0.2) is 4.98 Å². The molecule has 1 saturated heterocycles. The molecule has 1 atom stereocenters. The number of carbonyl (C=O) groups excluding carboxylic acids is 1. The molecule has 1 amide bonds. The highest BCUT2D eigenvalue weighted by Gasteiger charge is 2.28. The average molecular weight is 291 g/mol.